The van der Waals surface area contributed by atoms with Crippen LogP contribution >= 0.6 is 11.3 Å². The van der Waals surface area contributed by atoms with Gasteiger partial charge in [-0.3, -0.25) is 10.1 Å². The van der Waals surface area contributed by atoms with Gasteiger partial charge in [0.05, 0.1) is 9.80 Å². The van der Waals surface area contributed by atoms with Crippen molar-refractivity contribution < 1.29 is 4.92 Å². The lowest BCUT2D eigenvalue weighted by Gasteiger charge is -1.97. The summed E-state index contributed by atoms with van der Waals surface area (Å²) in [5.74, 6) is 0. The van der Waals surface area contributed by atoms with Gasteiger partial charge in [0, 0.05) is 17.0 Å². The second-order valence-corrected chi connectivity index (χ2v) is 4.86. The molecule has 0 saturated carbocycles. The Hall–Kier alpha value is -2.27. The third-order valence-electron chi connectivity index (χ3n) is 2.64. The fourth-order valence-electron chi connectivity index (χ4n) is 1.83. The van der Waals surface area contributed by atoms with Crippen LogP contribution in [0, 0.1) is 10.1 Å². The predicted molar refractivity (Wildman–Crippen MR) is 71.7 cm³/mol. The summed E-state index contributed by atoms with van der Waals surface area (Å²) in [5, 5.41) is 12.1. The number of nitro groups is 1. The highest BCUT2D eigenvalue weighted by atomic mass is 32.1. The molecule has 4 nitrogen and oxygen atoms in total. The minimum Gasteiger partial charge on any atom is -0.258 e. The number of benzene rings is 1. The van der Waals surface area contributed by atoms with E-state index in [0.717, 1.165) is 15.0 Å². The van der Waals surface area contributed by atoms with E-state index in [1.807, 2.05) is 30.3 Å². The molecule has 0 spiro atoms. The number of aromatic nitrogens is 1. The van der Waals surface area contributed by atoms with E-state index in [0.29, 0.717) is 5.69 Å². The third-order valence-corrected chi connectivity index (χ3v) is 3.76. The molecule has 3 rings (SSSR count). The molecule has 0 aliphatic rings. The molecule has 0 unspecified atom stereocenters. The number of nitrogens with zero attached hydrogens (tertiary/aromatic N) is 2. The number of hydrogen-bond donors (Lipinski definition) is 0. The molecular weight excluding hydrogens is 248 g/mol. The zero-order valence-corrected chi connectivity index (χ0v) is 10.1. The van der Waals surface area contributed by atoms with E-state index in [2.05, 4.69) is 4.98 Å². The van der Waals surface area contributed by atoms with Gasteiger partial charge in [-0.05, 0) is 23.6 Å². The highest BCUT2D eigenvalue weighted by molar-refractivity contribution is 7.22. The summed E-state index contributed by atoms with van der Waals surface area (Å²) in [4.78, 5) is 15.5. The van der Waals surface area contributed by atoms with Gasteiger partial charge in [-0.15, -0.1) is 11.3 Å². The Morgan fingerprint density at radius 1 is 1.17 bits per heavy atom. The maximum atomic E-state index is 11.0. The molecule has 18 heavy (non-hydrogen) atoms. The van der Waals surface area contributed by atoms with Crippen molar-refractivity contribution in [2.24, 2.45) is 0 Å². The Kier molecular flexibility index (Phi) is 2.53. The van der Waals surface area contributed by atoms with E-state index < -0.39 is 4.92 Å². The summed E-state index contributed by atoms with van der Waals surface area (Å²) in [6, 6.07) is 12.9. The molecule has 1 aromatic carbocycles. The molecule has 0 aliphatic heterocycles. The first-order valence-corrected chi connectivity index (χ1v) is 6.16. The fourth-order valence-corrected chi connectivity index (χ4v) is 2.90. The Labute approximate surface area is 107 Å². The predicted octanol–water partition coefficient (Wildman–Crippen LogP) is 3.87. The SMILES string of the molecule is O=[N+]([O-])c1cccnc1-c1cc2ccccc2s1. The molecule has 0 bridgehead atoms. The molecule has 0 amide bonds. The van der Waals surface area contributed by atoms with Crippen LogP contribution in [0.1, 0.15) is 0 Å². The normalized spacial score (nSPS) is 10.7. The molecule has 88 valence electrons. The summed E-state index contributed by atoms with van der Waals surface area (Å²) in [6.45, 7) is 0. The van der Waals surface area contributed by atoms with Crippen molar-refractivity contribution in [2.75, 3.05) is 0 Å². The van der Waals surface area contributed by atoms with Crippen molar-refractivity contribution in [3.8, 4) is 10.6 Å². The average Bonchev–Trinajstić information content (AvgIpc) is 2.82. The van der Waals surface area contributed by atoms with Crippen LogP contribution in [-0.2, 0) is 0 Å². The van der Waals surface area contributed by atoms with Gasteiger partial charge < -0.3 is 0 Å². The monoisotopic (exact) mass is 256 g/mol. The lowest BCUT2D eigenvalue weighted by atomic mass is 10.2. The second kappa shape index (κ2) is 4.19. The Bertz CT molecular complexity index is 703. The first-order chi connectivity index (χ1) is 8.75. The van der Waals surface area contributed by atoms with Gasteiger partial charge in [-0.1, -0.05) is 18.2 Å². The summed E-state index contributed by atoms with van der Waals surface area (Å²) < 4.78 is 1.10. The highest BCUT2D eigenvalue weighted by Crippen LogP contribution is 2.36. The first kappa shape index (κ1) is 10.9. The molecule has 5 heteroatoms. The molecule has 0 aliphatic carbocycles. The molecule has 0 atom stereocenters. The van der Waals surface area contributed by atoms with E-state index in [4.69, 9.17) is 0 Å². The largest absolute Gasteiger partial charge is 0.296 e. The standard InChI is InChI=1S/C13H8N2O2S/c16-15(17)10-5-3-7-14-13(10)12-8-9-4-1-2-6-11(9)18-12/h1-8H. The van der Waals surface area contributed by atoms with Crippen LogP contribution in [0.25, 0.3) is 20.7 Å². The van der Waals surface area contributed by atoms with Gasteiger partial charge in [-0.2, -0.15) is 0 Å². The summed E-state index contributed by atoms with van der Waals surface area (Å²) >= 11 is 1.51. The van der Waals surface area contributed by atoms with Gasteiger partial charge in [0.2, 0.25) is 0 Å². The molecular formula is C13H8N2O2S. The summed E-state index contributed by atoms with van der Waals surface area (Å²) in [6.07, 6.45) is 1.58. The van der Waals surface area contributed by atoms with E-state index in [-0.39, 0.29) is 5.69 Å². The van der Waals surface area contributed by atoms with E-state index in [9.17, 15) is 10.1 Å². The molecule has 0 saturated heterocycles. The van der Waals surface area contributed by atoms with Crippen LogP contribution in [0.4, 0.5) is 5.69 Å². The Balaban J connectivity index is 2.23. The van der Waals surface area contributed by atoms with Gasteiger partial charge >= 0.3 is 0 Å². The smallest absolute Gasteiger partial charge is 0.258 e. The Morgan fingerprint density at radius 3 is 2.78 bits per heavy atom. The van der Waals surface area contributed by atoms with E-state index in [1.165, 1.54) is 17.4 Å². The van der Waals surface area contributed by atoms with Crippen molar-refractivity contribution in [1.82, 2.24) is 4.98 Å². The van der Waals surface area contributed by atoms with Gasteiger partial charge in [0.1, 0.15) is 0 Å². The van der Waals surface area contributed by atoms with E-state index in [1.54, 1.807) is 12.3 Å². The van der Waals surface area contributed by atoms with Crippen LogP contribution < -0.4 is 0 Å². The number of fused-ring (bicyclic) bond motifs is 1. The minimum absolute atomic E-state index is 0.0454. The minimum atomic E-state index is -0.396. The lowest BCUT2D eigenvalue weighted by Crippen LogP contribution is -1.92. The highest BCUT2D eigenvalue weighted by Gasteiger charge is 2.17. The first-order valence-electron chi connectivity index (χ1n) is 5.34. The topological polar surface area (TPSA) is 56.0 Å². The Morgan fingerprint density at radius 2 is 2.00 bits per heavy atom. The molecule has 2 aromatic heterocycles. The van der Waals surface area contributed by atoms with Gasteiger partial charge in [0.15, 0.2) is 5.69 Å². The van der Waals surface area contributed by atoms with Crippen molar-refractivity contribution in [2.45, 2.75) is 0 Å². The van der Waals surface area contributed by atoms with Crippen molar-refractivity contribution in [3.05, 3.63) is 58.8 Å². The van der Waals surface area contributed by atoms with Crippen LogP contribution in [0.5, 0.6) is 0 Å². The third kappa shape index (κ3) is 1.74. The number of thiophene rings is 1. The number of pyridine rings is 1. The van der Waals surface area contributed by atoms with Gasteiger partial charge in [0.25, 0.3) is 5.69 Å². The maximum Gasteiger partial charge on any atom is 0.296 e. The van der Waals surface area contributed by atoms with Crippen LogP contribution in [0.15, 0.2) is 48.7 Å². The van der Waals surface area contributed by atoms with E-state index >= 15 is 0 Å². The van der Waals surface area contributed by atoms with Crippen molar-refractivity contribution in [1.29, 1.82) is 0 Å². The lowest BCUT2D eigenvalue weighted by molar-refractivity contribution is -0.384. The van der Waals surface area contributed by atoms with Crippen molar-refractivity contribution >= 4 is 27.1 Å². The molecule has 3 aromatic rings. The molecule has 0 radical (unpaired) electrons. The van der Waals surface area contributed by atoms with Crippen molar-refractivity contribution in [3.63, 3.8) is 0 Å². The molecule has 0 N–H and O–H groups in total. The molecule has 2 heterocycles. The van der Waals surface area contributed by atoms with Crippen LogP contribution in [0.2, 0.25) is 0 Å². The number of rotatable bonds is 2. The summed E-state index contributed by atoms with van der Waals surface area (Å²) in [5.41, 5.74) is 0.479. The zero-order chi connectivity index (χ0) is 12.5. The molecule has 0 fully saturated rings. The maximum absolute atomic E-state index is 11.0. The zero-order valence-electron chi connectivity index (χ0n) is 9.24. The average molecular weight is 256 g/mol. The quantitative estimate of drug-likeness (QED) is 0.516. The summed E-state index contributed by atoms with van der Waals surface area (Å²) in [7, 11) is 0. The van der Waals surface area contributed by atoms with Crippen LogP contribution in [-0.4, -0.2) is 9.91 Å². The second-order valence-electron chi connectivity index (χ2n) is 3.78. The van der Waals surface area contributed by atoms with Crippen LogP contribution in [0.3, 0.4) is 0 Å². The fraction of sp³-hybridized carbons (Fsp3) is 0. The van der Waals surface area contributed by atoms with Gasteiger partial charge in [-0.25, -0.2) is 4.98 Å². The number of hydrogen-bond acceptors (Lipinski definition) is 4.